The molecule has 1 heterocycles. The summed E-state index contributed by atoms with van der Waals surface area (Å²) < 4.78 is 5.23. The number of methoxy groups -OCH3 is 1. The summed E-state index contributed by atoms with van der Waals surface area (Å²) in [4.78, 5) is 17.2. The Bertz CT molecular complexity index is 950. The third-order valence-corrected chi connectivity index (χ3v) is 5.55. The van der Waals surface area contributed by atoms with E-state index in [1.807, 2.05) is 41.8 Å². The minimum absolute atomic E-state index is 0.182. The van der Waals surface area contributed by atoms with E-state index in [-0.39, 0.29) is 11.3 Å². The molecule has 1 amide bonds. The highest BCUT2D eigenvalue weighted by molar-refractivity contribution is 7.14. The van der Waals surface area contributed by atoms with Crippen molar-refractivity contribution in [3.63, 3.8) is 0 Å². The summed E-state index contributed by atoms with van der Waals surface area (Å²) in [5.74, 6) is 0.638. The van der Waals surface area contributed by atoms with Crippen LogP contribution in [0.5, 0.6) is 5.75 Å². The number of hydrogen-bond donors (Lipinski definition) is 3. The second-order valence-electron chi connectivity index (χ2n) is 7.14. The molecule has 4 N–H and O–H groups in total. The van der Waals surface area contributed by atoms with Gasteiger partial charge in [0, 0.05) is 35.1 Å². The van der Waals surface area contributed by atoms with Crippen LogP contribution in [0.15, 0.2) is 53.9 Å². The van der Waals surface area contributed by atoms with Gasteiger partial charge in [-0.05, 0) is 42.0 Å². The molecule has 0 bridgehead atoms. The average molecular weight is 411 g/mol. The van der Waals surface area contributed by atoms with E-state index < -0.39 is 0 Å². The number of thiazole rings is 1. The van der Waals surface area contributed by atoms with Gasteiger partial charge in [-0.3, -0.25) is 10.1 Å². The van der Waals surface area contributed by atoms with E-state index in [0.29, 0.717) is 23.8 Å². The van der Waals surface area contributed by atoms with Crippen LogP contribution >= 0.6 is 11.3 Å². The molecule has 0 radical (unpaired) electrons. The van der Waals surface area contributed by atoms with Gasteiger partial charge in [-0.2, -0.15) is 0 Å². The highest BCUT2D eigenvalue weighted by atomic mass is 32.1. The molecule has 6 nitrogen and oxygen atoms in total. The number of benzene rings is 2. The Balaban J connectivity index is 1.69. The summed E-state index contributed by atoms with van der Waals surface area (Å²) in [6.45, 7) is 5.48. The van der Waals surface area contributed by atoms with Gasteiger partial charge in [0.2, 0.25) is 0 Å². The number of nitrogens with zero attached hydrogens (tertiary/aromatic N) is 1. The van der Waals surface area contributed by atoms with Crippen LogP contribution in [0.1, 0.15) is 35.5 Å². The van der Waals surface area contributed by atoms with Gasteiger partial charge in [0.15, 0.2) is 5.13 Å². The van der Waals surface area contributed by atoms with Crippen molar-refractivity contribution in [1.29, 1.82) is 0 Å². The lowest BCUT2D eigenvalue weighted by molar-refractivity contribution is 0.102. The van der Waals surface area contributed by atoms with E-state index in [4.69, 9.17) is 10.5 Å². The van der Waals surface area contributed by atoms with Gasteiger partial charge in [-0.25, -0.2) is 4.98 Å². The molecule has 1 aromatic heterocycles. The average Bonchev–Trinajstić information content (AvgIpc) is 3.22. The molecule has 2 aromatic carbocycles. The summed E-state index contributed by atoms with van der Waals surface area (Å²) in [6.07, 6.45) is 0. The molecule has 0 aliphatic carbocycles. The number of carbonyl (C=O) groups is 1. The molecule has 0 atom stereocenters. The Morgan fingerprint density at radius 1 is 1.14 bits per heavy atom. The van der Waals surface area contributed by atoms with Gasteiger partial charge < -0.3 is 15.8 Å². The number of carbonyl (C=O) groups excluding carboxylic acids is 1. The SMILES string of the molecule is COc1ccc(C(C)(C)c2csc(NC(=O)c3ccc(NCCN)cc3)n2)cc1. The van der Waals surface area contributed by atoms with E-state index in [0.717, 1.165) is 22.7 Å². The van der Waals surface area contributed by atoms with Crippen LogP contribution in [-0.2, 0) is 5.41 Å². The molecule has 7 heteroatoms. The summed E-state index contributed by atoms with van der Waals surface area (Å²) in [5.41, 5.74) is 8.74. The van der Waals surface area contributed by atoms with Gasteiger partial charge in [-0.15, -0.1) is 11.3 Å². The standard InChI is InChI=1S/C22H26N4O2S/c1-22(2,16-6-10-18(28-3)11-7-16)19-14-29-21(25-19)26-20(27)15-4-8-17(9-5-15)24-13-12-23/h4-11,14,24H,12-13,23H2,1-3H3,(H,25,26,27). The first-order valence-electron chi connectivity index (χ1n) is 9.40. The van der Waals surface area contributed by atoms with E-state index in [1.54, 1.807) is 19.2 Å². The highest BCUT2D eigenvalue weighted by Gasteiger charge is 2.26. The lowest BCUT2D eigenvalue weighted by atomic mass is 9.82. The van der Waals surface area contributed by atoms with Crippen LogP contribution in [0.2, 0.25) is 0 Å². The Hall–Kier alpha value is -2.90. The van der Waals surface area contributed by atoms with Crippen molar-refractivity contribution in [3.05, 3.63) is 70.7 Å². The smallest absolute Gasteiger partial charge is 0.257 e. The van der Waals surface area contributed by atoms with E-state index in [9.17, 15) is 4.79 Å². The normalized spacial score (nSPS) is 11.2. The van der Waals surface area contributed by atoms with Gasteiger partial charge in [-0.1, -0.05) is 26.0 Å². The zero-order valence-corrected chi connectivity index (χ0v) is 17.7. The summed E-state index contributed by atoms with van der Waals surface area (Å²) in [6, 6.07) is 15.3. The maximum absolute atomic E-state index is 12.5. The van der Waals surface area contributed by atoms with Crippen LogP contribution in [0.25, 0.3) is 0 Å². The fourth-order valence-corrected chi connectivity index (χ4v) is 3.77. The number of nitrogens with one attached hydrogen (secondary N) is 2. The van der Waals surface area contributed by atoms with E-state index in [1.165, 1.54) is 11.3 Å². The molecule has 29 heavy (non-hydrogen) atoms. The fourth-order valence-electron chi connectivity index (χ4n) is 2.90. The molecule has 0 unspecified atom stereocenters. The van der Waals surface area contributed by atoms with Crippen LogP contribution < -0.4 is 21.1 Å². The third kappa shape index (κ3) is 4.93. The predicted molar refractivity (Wildman–Crippen MR) is 119 cm³/mol. The summed E-state index contributed by atoms with van der Waals surface area (Å²) in [7, 11) is 1.65. The topological polar surface area (TPSA) is 89.3 Å². The molecule has 152 valence electrons. The molecule has 0 saturated heterocycles. The molecule has 0 spiro atoms. The van der Waals surface area contributed by atoms with E-state index >= 15 is 0 Å². The summed E-state index contributed by atoms with van der Waals surface area (Å²) >= 11 is 1.42. The van der Waals surface area contributed by atoms with Crippen molar-refractivity contribution in [3.8, 4) is 5.75 Å². The Morgan fingerprint density at radius 2 is 1.83 bits per heavy atom. The number of nitrogens with two attached hydrogens (primary N) is 1. The maximum Gasteiger partial charge on any atom is 0.257 e. The van der Waals surface area contributed by atoms with Crippen LogP contribution in [-0.4, -0.2) is 31.1 Å². The van der Waals surface area contributed by atoms with Gasteiger partial charge >= 0.3 is 0 Å². The lowest BCUT2D eigenvalue weighted by Gasteiger charge is -2.23. The van der Waals surface area contributed by atoms with Crippen molar-refractivity contribution in [1.82, 2.24) is 4.98 Å². The number of aromatic nitrogens is 1. The van der Waals surface area contributed by atoms with Crippen LogP contribution in [0.3, 0.4) is 0 Å². The maximum atomic E-state index is 12.5. The number of anilines is 2. The van der Waals surface area contributed by atoms with Gasteiger partial charge in [0.05, 0.1) is 12.8 Å². The number of rotatable bonds is 8. The quantitative estimate of drug-likeness (QED) is 0.520. The molecule has 3 rings (SSSR count). The Morgan fingerprint density at radius 3 is 2.45 bits per heavy atom. The Kier molecular flexibility index (Phi) is 6.51. The number of hydrogen-bond acceptors (Lipinski definition) is 6. The minimum atomic E-state index is -0.290. The first-order valence-corrected chi connectivity index (χ1v) is 10.3. The first kappa shape index (κ1) is 20.8. The highest BCUT2D eigenvalue weighted by Crippen LogP contribution is 2.34. The molecule has 3 aromatic rings. The van der Waals surface area contributed by atoms with Crippen molar-refractivity contribution >= 4 is 28.1 Å². The van der Waals surface area contributed by atoms with Crippen LogP contribution in [0, 0.1) is 0 Å². The van der Waals surface area contributed by atoms with Crippen molar-refractivity contribution in [2.24, 2.45) is 5.73 Å². The lowest BCUT2D eigenvalue weighted by Crippen LogP contribution is -2.20. The first-order chi connectivity index (χ1) is 13.9. The molecular weight excluding hydrogens is 384 g/mol. The summed E-state index contributed by atoms with van der Waals surface area (Å²) in [5, 5.41) is 8.64. The second-order valence-corrected chi connectivity index (χ2v) is 8.00. The predicted octanol–water partition coefficient (Wildman–Crippen LogP) is 4.10. The van der Waals surface area contributed by atoms with Gasteiger partial charge in [0.25, 0.3) is 5.91 Å². The molecule has 0 saturated carbocycles. The third-order valence-electron chi connectivity index (χ3n) is 4.80. The second kappa shape index (κ2) is 9.07. The fraction of sp³-hybridized carbons (Fsp3) is 0.273. The Labute approximate surface area is 175 Å². The van der Waals surface area contributed by atoms with Crippen molar-refractivity contribution in [2.45, 2.75) is 19.3 Å². The molecular formula is C22H26N4O2S. The number of ether oxygens (including phenoxy) is 1. The molecule has 0 aliphatic rings. The number of amides is 1. The van der Waals surface area contributed by atoms with E-state index in [2.05, 4.69) is 29.5 Å². The van der Waals surface area contributed by atoms with Crippen LogP contribution in [0.4, 0.5) is 10.8 Å². The molecule has 0 aliphatic heterocycles. The zero-order chi connectivity index (χ0) is 20.9. The minimum Gasteiger partial charge on any atom is -0.497 e. The zero-order valence-electron chi connectivity index (χ0n) is 16.9. The monoisotopic (exact) mass is 410 g/mol. The van der Waals surface area contributed by atoms with Gasteiger partial charge in [0.1, 0.15) is 5.75 Å². The largest absolute Gasteiger partial charge is 0.497 e. The molecule has 0 fully saturated rings. The van der Waals surface area contributed by atoms with Crippen molar-refractivity contribution in [2.75, 3.05) is 30.8 Å². The van der Waals surface area contributed by atoms with Crippen molar-refractivity contribution < 1.29 is 9.53 Å².